The lowest BCUT2D eigenvalue weighted by molar-refractivity contribution is 0.0619. The number of hydrogen-bond donors (Lipinski definition) is 0. The average Bonchev–Trinajstić information content (AvgIpc) is 3.11. The first kappa shape index (κ1) is 19.3. The number of piperazine rings is 1. The van der Waals surface area contributed by atoms with Crippen molar-refractivity contribution in [3.63, 3.8) is 0 Å². The first-order valence-corrected chi connectivity index (χ1v) is 9.88. The van der Waals surface area contributed by atoms with Crippen LogP contribution in [0.4, 0.5) is 0 Å². The Morgan fingerprint density at radius 1 is 0.931 bits per heavy atom. The third-order valence-corrected chi connectivity index (χ3v) is 5.69. The lowest BCUT2D eigenvalue weighted by atomic mass is 10.2. The molecule has 0 bridgehead atoms. The van der Waals surface area contributed by atoms with Crippen LogP contribution in [0.3, 0.4) is 0 Å². The second-order valence-corrected chi connectivity index (χ2v) is 7.37. The number of nitrogens with zero attached hydrogens (tertiary/aromatic N) is 3. The maximum absolute atomic E-state index is 13.3. The quantitative estimate of drug-likeness (QED) is 0.668. The van der Waals surface area contributed by atoms with E-state index in [9.17, 15) is 4.79 Å². The Bertz CT molecular complexity index is 1010. The van der Waals surface area contributed by atoms with E-state index in [-0.39, 0.29) is 5.91 Å². The third kappa shape index (κ3) is 3.68. The van der Waals surface area contributed by atoms with Gasteiger partial charge in [0.05, 0.1) is 19.7 Å². The molecule has 4 rings (SSSR count). The summed E-state index contributed by atoms with van der Waals surface area (Å²) in [7, 11) is 5.19. The van der Waals surface area contributed by atoms with Crippen molar-refractivity contribution in [2.75, 3.05) is 40.4 Å². The van der Waals surface area contributed by atoms with E-state index in [1.54, 1.807) is 14.2 Å². The fraction of sp³-hybridized carbons (Fsp3) is 0.348. The van der Waals surface area contributed by atoms with Crippen LogP contribution in [0.1, 0.15) is 16.1 Å². The van der Waals surface area contributed by atoms with Crippen LogP contribution in [0.15, 0.2) is 48.5 Å². The number of aromatic nitrogens is 1. The lowest BCUT2D eigenvalue weighted by Crippen LogP contribution is -2.48. The molecule has 1 amide bonds. The zero-order chi connectivity index (χ0) is 20.4. The topological polar surface area (TPSA) is 46.9 Å². The molecule has 1 aliphatic heterocycles. The molecule has 0 radical (unpaired) electrons. The molecule has 29 heavy (non-hydrogen) atoms. The van der Waals surface area contributed by atoms with Crippen molar-refractivity contribution in [3.05, 3.63) is 59.8 Å². The summed E-state index contributed by atoms with van der Waals surface area (Å²) in [6, 6.07) is 16.1. The van der Waals surface area contributed by atoms with Crippen LogP contribution in [-0.2, 0) is 13.6 Å². The predicted octanol–water partition coefficient (Wildman–Crippen LogP) is 3.15. The summed E-state index contributed by atoms with van der Waals surface area (Å²) in [5.41, 5.74) is 2.83. The van der Waals surface area contributed by atoms with Gasteiger partial charge in [-0.25, -0.2) is 0 Å². The molecule has 0 atom stereocenters. The van der Waals surface area contributed by atoms with E-state index >= 15 is 0 Å². The number of carbonyl (C=O) groups excluding carboxylic acids is 1. The maximum atomic E-state index is 13.3. The molecule has 0 aliphatic carbocycles. The van der Waals surface area contributed by atoms with E-state index < -0.39 is 0 Å². The molecular weight excluding hydrogens is 366 g/mol. The number of benzene rings is 2. The van der Waals surface area contributed by atoms with Gasteiger partial charge in [0.15, 0.2) is 0 Å². The number of fused-ring (bicyclic) bond motifs is 1. The van der Waals surface area contributed by atoms with Gasteiger partial charge in [0, 0.05) is 45.2 Å². The summed E-state index contributed by atoms with van der Waals surface area (Å²) >= 11 is 0. The lowest BCUT2D eigenvalue weighted by Gasteiger charge is -2.34. The standard InChI is InChI=1S/C23H27N3O3/c1-24-19(15-18-20(28-2)9-10-21(29-3)22(18)24)23(27)26-13-11-25(12-14-26)16-17-7-5-4-6-8-17/h4-10,15H,11-14,16H2,1-3H3. The van der Waals surface area contributed by atoms with Crippen LogP contribution in [-0.4, -0.2) is 60.7 Å². The van der Waals surface area contributed by atoms with Gasteiger partial charge in [0.1, 0.15) is 17.2 Å². The van der Waals surface area contributed by atoms with Crippen LogP contribution in [0.25, 0.3) is 10.9 Å². The van der Waals surface area contributed by atoms with E-state index in [2.05, 4.69) is 29.2 Å². The maximum Gasteiger partial charge on any atom is 0.270 e. The molecule has 0 spiro atoms. The number of rotatable bonds is 5. The zero-order valence-electron chi connectivity index (χ0n) is 17.2. The molecule has 0 N–H and O–H groups in total. The molecule has 0 unspecified atom stereocenters. The van der Waals surface area contributed by atoms with E-state index in [0.29, 0.717) is 5.69 Å². The van der Waals surface area contributed by atoms with Gasteiger partial charge < -0.3 is 18.9 Å². The summed E-state index contributed by atoms with van der Waals surface area (Å²) in [4.78, 5) is 17.6. The highest BCUT2D eigenvalue weighted by atomic mass is 16.5. The number of ether oxygens (including phenoxy) is 2. The summed E-state index contributed by atoms with van der Waals surface area (Å²) < 4.78 is 12.9. The normalized spacial score (nSPS) is 14.9. The number of amides is 1. The van der Waals surface area contributed by atoms with Crippen LogP contribution >= 0.6 is 0 Å². The summed E-state index contributed by atoms with van der Waals surface area (Å²) in [5, 5.41) is 0.889. The van der Waals surface area contributed by atoms with E-state index in [1.807, 2.05) is 40.8 Å². The summed E-state index contributed by atoms with van der Waals surface area (Å²) in [6.45, 7) is 4.11. The van der Waals surface area contributed by atoms with Crippen molar-refractivity contribution < 1.29 is 14.3 Å². The number of aryl methyl sites for hydroxylation is 1. The van der Waals surface area contributed by atoms with Crippen LogP contribution in [0, 0.1) is 0 Å². The molecule has 1 aromatic heterocycles. The van der Waals surface area contributed by atoms with Crippen LogP contribution < -0.4 is 9.47 Å². The summed E-state index contributed by atoms with van der Waals surface area (Å²) in [5.74, 6) is 1.52. The molecule has 2 aromatic carbocycles. The van der Waals surface area contributed by atoms with Crippen molar-refractivity contribution in [1.82, 2.24) is 14.4 Å². The van der Waals surface area contributed by atoms with Gasteiger partial charge in [-0.15, -0.1) is 0 Å². The fourth-order valence-corrected chi connectivity index (χ4v) is 4.07. The van der Waals surface area contributed by atoms with Crippen molar-refractivity contribution in [2.24, 2.45) is 7.05 Å². The molecule has 1 fully saturated rings. The number of carbonyl (C=O) groups is 1. The Hall–Kier alpha value is -2.99. The number of hydrogen-bond acceptors (Lipinski definition) is 4. The Morgan fingerprint density at radius 2 is 1.59 bits per heavy atom. The van der Waals surface area contributed by atoms with Crippen molar-refractivity contribution in [3.8, 4) is 11.5 Å². The molecule has 6 nitrogen and oxygen atoms in total. The second kappa shape index (κ2) is 8.17. The van der Waals surface area contributed by atoms with Crippen LogP contribution in [0.5, 0.6) is 11.5 Å². The van der Waals surface area contributed by atoms with Gasteiger partial charge in [-0.2, -0.15) is 0 Å². The van der Waals surface area contributed by atoms with Crippen molar-refractivity contribution >= 4 is 16.8 Å². The van der Waals surface area contributed by atoms with Crippen molar-refractivity contribution in [1.29, 1.82) is 0 Å². The average molecular weight is 393 g/mol. The smallest absolute Gasteiger partial charge is 0.270 e. The Labute approximate surface area is 171 Å². The number of methoxy groups -OCH3 is 2. The minimum absolute atomic E-state index is 0.0483. The highest BCUT2D eigenvalue weighted by Gasteiger charge is 2.26. The largest absolute Gasteiger partial charge is 0.496 e. The molecule has 1 aliphatic rings. The molecule has 2 heterocycles. The molecule has 3 aromatic rings. The Kier molecular flexibility index (Phi) is 5.45. The fourth-order valence-electron chi connectivity index (χ4n) is 4.07. The van der Waals surface area contributed by atoms with E-state index in [1.165, 1.54) is 5.56 Å². The molecular formula is C23H27N3O3. The van der Waals surface area contributed by atoms with E-state index in [4.69, 9.17) is 9.47 Å². The van der Waals surface area contributed by atoms with Gasteiger partial charge in [-0.3, -0.25) is 9.69 Å². The summed E-state index contributed by atoms with van der Waals surface area (Å²) in [6.07, 6.45) is 0. The molecule has 6 heteroatoms. The molecule has 152 valence electrons. The first-order chi connectivity index (χ1) is 14.1. The zero-order valence-corrected chi connectivity index (χ0v) is 17.2. The Balaban J connectivity index is 1.52. The van der Waals surface area contributed by atoms with E-state index in [0.717, 1.165) is 55.1 Å². The molecule has 1 saturated heterocycles. The molecule has 0 saturated carbocycles. The van der Waals surface area contributed by atoms with Gasteiger partial charge >= 0.3 is 0 Å². The monoisotopic (exact) mass is 393 g/mol. The van der Waals surface area contributed by atoms with Gasteiger partial charge in [-0.05, 0) is 23.8 Å². The SMILES string of the molecule is COc1ccc(OC)c2c1cc(C(=O)N1CCN(Cc3ccccc3)CC1)n2C. The highest BCUT2D eigenvalue weighted by molar-refractivity contribution is 6.02. The van der Waals surface area contributed by atoms with Gasteiger partial charge in [0.2, 0.25) is 0 Å². The van der Waals surface area contributed by atoms with Gasteiger partial charge in [-0.1, -0.05) is 30.3 Å². The first-order valence-electron chi connectivity index (χ1n) is 9.88. The second-order valence-electron chi connectivity index (χ2n) is 7.37. The minimum Gasteiger partial charge on any atom is -0.496 e. The van der Waals surface area contributed by atoms with Gasteiger partial charge in [0.25, 0.3) is 5.91 Å². The minimum atomic E-state index is 0.0483. The third-order valence-electron chi connectivity index (χ3n) is 5.69. The Morgan fingerprint density at radius 3 is 2.24 bits per heavy atom. The highest BCUT2D eigenvalue weighted by Crippen LogP contribution is 2.35. The van der Waals surface area contributed by atoms with Crippen molar-refractivity contribution in [2.45, 2.75) is 6.54 Å². The van der Waals surface area contributed by atoms with Crippen LogP contribution in [0.2, 0.25) is 0 Å². The predicted molar refractivity (Wildman–Crippen MR) is 114 cm³/mol.